The van der Waals surface area contributed by atoms with Crippen LogP contribution in [-0.4, -0.2) is 45.8 Å². The van der Waals surface area contributed by atoms with Crippen LogP contribution in [0.1, 0.15) is 6.92 Å². The third-order valence-corrected chi connectivity index (χ3v) is 5.09. The third kappa shape index (κ3) is 6.78. The van der Waals surface area contributed by atoms with Crippen molar-refractivity contribution >= 4 is 20.0 Å². The molecule has 1 heterocycles. The van der Waals surface area contributed by atoms with Crippen LogP contribution in [0.2, 0.25) is 0 Å². The molecule has 23 heavy (non-hydrogen) atoms. The van der Waals surface area contributed by atoms with Gasteiger partial charge in [-0.1, -0.05) is 16.3 Å². The fourth-order valence-corrected chi connectivity index (χ4v) is 2.89. The molecule has 0 fully saturated rings. The number of rotatable bonds is 3. The van der Waals surface area contributed by atoms with Crippen molar-refractivity contribution in [2.45, 2.75) is 17.9 Å². The molecule has 0 radical (unpaired) electrons. The first-order valence-electron chi connectivity index (χ1n) is 5.62. The minimum absolute atomic E-state index is 0.493. The molecule has 0 amide bonds. The number of nitrogens with one attached hydrogen (secondary N) is 1. The minimum Gasteiger partial charge on any atom is -0.374 e. The molecule has 1 rings (SSSR count). The molecule has 1 N–H and O–H groups in total. The standard InChI is InChI=1S/C7H11N.C2HF6NO4S2/c1-2-8-6-4-3-5-7-8;3-1(4,5)14(10,11)9-15(12,13)2(6,7)8/h3-6H,2,7H2,1H3;9H. The van der Waals surface area contributed by atoms with Crippen LogP contribution >= 0.6 is 0 Å². The van der Waals surface area contributed by atoms with Gasteiger partial charge in [-0.25, -0.2) is 16.8 Å². The van der Waals surface area contributed by atoms with Crippen molar-refractivity contribution in [3.63, 3.8) is 0 Å². The van der Waals surface area contributed by atoms with Crippen molar-refractivity contribution in [3.8, 4) is 0 Å². The molecule has 14 heteroatoms. The normalized spacial score (nSPS) is 16.0. The Morgan fingerprint density at radius 1 is 0.957 bits per heavy atom. The maximum absolute atomic E-state index is 11.5. The summed E-state index contributed by atoms with van der Waals surface area (Å²) in [6.07, 6.45) is 8.41. The highest BCUT2D eigenvalue weighted by Crippen LogP contribution is 2.27. The number of hydrogen-bond donors (Lipinski definition) is 1. The summed E-state index contributed by atoms with van der Waals surface area (Å²) in [6, 6.07) is 0. The van der Waals surface area contributed by atoms with Crippen molar-refractivity contribution in [2.75, 3.05) is 13.1 Å². The Hall–Kier alpha value is -1.28. The third-order valence-electron chi connectivity index (χ3n) is 2.12. The lowest BCUT2D eigenvalue weighted by atomic mass is 10.3. The van der Waals surface area contributed by atoms with Crippen LogP contribution in [0.15, 0.2) is 24.4 Å². The lowest BCUT2D eigenvalue weighted by molar-refractivity contribution is -0.0476. The van der Waals surface area contributed by atoms with Gasteiger partial charge in [0.15, 0.2) is 0 Å². The summed E-state index contributed by atoms with van der Waals surface area (Å²) in [4.78, 5) is 2.25. The molecule has 0 bridgehead atoms. The zero-order valence-corrected chi connectivity index (χ0v) is 13.0. The second-order valence-corrected chi connectivity index (χ2v) is 7.45. The second-order valence-electron chi connectivity index (χ2n) is 3.84. The SMILES string of the molecule is CCN1C=CC=CC1.O=S(=O)(NS(=O)(=O)C(F)(F)F)C(F)(F)F. The van der Waals surface area contributed by atoms with Gasteiger partial charge in [0.25, 0.3) is 0 Å². The van der Waals surface area contributed by atoms with E-state index in [1.165, 1.54) is 0 Å². The Labute approximate surface area is 128 Å². The predicted octanol–water partition coefficient (Wildman–Crippen LogP) is 1.67. The lowest BCUT2D eigenvalue weighted by Gasteiger charge is -2.16. The van der Waals surface area contributed by atoms with Gasteiger partial charge in [0.2, 0.25) is 0 Å². The molecule has 0 aromatic carbocycles. The van der Waals surface area contributed by atoms with Crippen LogP contribution in [0, 0.1) is 0 Å². The topological polar surface area (TPSA) is 83.6 Å². The minimum atomic E-state index is -6.60. The van der Waals surface area contributed by atoms with E-state index in [1.54, 1.807) is 0 Å². The lowest BCUT2D eigenvalue weighted by Crippen LogP contribution is -2.45. The van der Waals surface area contributed by atoms with Crippen LogP contribution in [0.5, 0.6) is 0 Å². The van der Waals surface area contributed by atoms with Crippen LogP contribution in [0.3, 0.4) is 0 Å². The van der Waals surface area contributed by atoms with E-state index in [1.807, 2.05) is 0 Å². The van der Waals surface area contributed by atoms with Gasteiger partial charge >= 0.3 is 31.1 Å². The number of halogens is 6. The van der Waals surface area contributed by atoms with E-state index >= 15 is 0 Å². The highest BCUT2D eigenvalue weighted by molar-refractivity contribution is 8.05. The summed E-state index contributed by atoms with van der Waals surface area (Å²) in [5, 5.41) is 0. The number of hydrogen-bond acceptors (Lipinski definition) is 5. The number of sulfonamides is 2. The van der Waals surface area contributed by atoms with Gasteiger partial charge in [-0.05, 0) is 19.2 Å². The highest BCUT2D eigenvalue weighted by Gasteiger charge is 2.55. The van der Waals surface area contributed by atoms with E-state index in [-0.39, 0.29) is 0 Å². The molecule has 0 aromatic heterocycles. The molecule has 136 valence electrons. The second kappa shape index (κ2) is 7.53. The summed E-state index contributed by atoms with van der Waals surface area (Å²) in [5.74, 6) is 0. The Kier molecular flexibility index (Phi) is 7.11. The van der Waals surface area contributed by atoms with Crippen molar-refractivity contribution in [2.24, 2.45) is 0 Å². The maximum Gasteiger partial charge on any atom is 0.512 e. The van der Waals surface area contributed by atoms with Gasteiger partial charge < -0.3 is 4.90 Å². The molecule has 0 aliphatic carbocycles. The molecule has 0 saturated carbocycles. The Morgan fingerprint density at radius 2 is 1.39 bits per heavy atom. The molecule has 0 atom stereocenters. The Balaban J connectivity index is 0.000000502. The van der Waals surface area contributed by atoms with Crippen LogP contribution in [0.25, 0.3) is 0 Å². The molecular weight excluding hydrogens is 378 g/mol. The first-order valence-corrected chi connectivity index (χ1v) is 8.59. The highest BCUT2D eigenvalue weighted by atomic mass is 32.3. The molecule has 0 saturated heterocycles. The zero-order valence-electron chi connectivity index (χ0n) is 11.4. The number of nitrogens with zero attached hydrogens (tertiary/aromatic N) is 1. The average Bonchev–Trinajstić information content (AvgIpc) is 2.36. The van der Waals surface area contributed by atoms with E-state index < -0.39 is 35.2 Å². The number of likely N-dealkylation sites (N-methyl/N-ethyl adjacent to an activating group) is 1. The molecular formula is C9H12F6N2O4S2. The van der Waals surface area contributed by atoms with Gasteiger partial charge in [0.05, 0.1) is 0 Å². The number of alkyl halides is 6. The molecule has 1 aliphatic rings. The molecule has 1 aliphatic heterocycles. The van der Waals surface area contributed by atoms with E-state index in [0.717, 1.165) is 13.1 Å². The van der Waals surface area contributed by atoms with Crippen molar-refractivity contribution in [1.29, 1.82) is 0 Å². The Bertz CT molecular complexity index is 607. The maximum atomic E-state index is 11.5. The first kappa shape index (κ1) is 21.7. The van der Waals surface area contributed by atoms with E-state index in [2.05, 4.69) is 36.3 Å². The van der Waals surface area contributed by atoms with Gasteiger partial charge in [-0.15, -0.1) is 0 Å². The van der Waals surface area contributed by atoms with Gasteiger partial charge in [-0.2, -0.15) is 26.3 Å². The average molecular weight is 390 g/mol. The van der Waals surface area contributed by atoms with Crippen molar-refractivity contribution in [1.82, 2.24) is 9.03 Å². The largest absolute Gasteiger partial charge is 0.512 e. The summed E-state index contributed by atoms with van der Waals surface area (Å²) >= 11 is 0. The van der Waals surface area contributed by atoms with Gasteiger partial charge in [0.1, 0.15) is 0 Å². The molecule has 0 unspecified atom stereocenters. The van der Waals surface area contributed by atoms with E-state index in [0.29, 0.717) is 0 Å². The number of allylic oxidation sites excluding steroid dienone is 2. The van der Waals surface area contributed by atoms with Gasteiger partial charge in [0, 0.05) is 13.1 Å². The summed E-state index contributed by atoms with van der Waals surface area (Å²) in [5.41, 5.74) is -12.3. The van der Waals surface area contributed by atoms with E-state index in [9.17, 15) is 43.2 Å². The van der Waals surface area contributed by atoms with Gasteiger partial charge in [-0.3, -0.25) is 0 Å². The van der Waals surface area contributed by atoms with Crippen LogP contribution in [0.4, 0.5) is 26.3 Å². The fourth-order valence-electron chi connectivity index (χ4n) is 0.981. The quantitative estimate of drug-likeness (QED) is 0.742. The fraction of sp³-hybridized carbons (Fsp3) is 0.556. The zero-order chi connectivity index (χ0) is 18.5. The molecule has 0 spiro atoms. The van der Waals surface area contributed by atoms with E-state index in [4.69, 9.17) is 0 Å². The summed E-state index contributed by atoms with van der Waals surface area (Å²) < 4.78 is 108. The van der Waals surface area contributed by atoms with Crippen LogP contribution in [-0.2, 0) is 20.0 Å². The van der Waals surface area contributed by atoms with Crippen molar-refractivity contribution < 1.29 is 43.2 Å². The Morgan fingerprint density at radius 3 is 1.61 bits per heavy atom. The summed E-state index contributed by atoms with van der Waals surface area (Å²) in [7, 11) is -13.2. The monoisotopic (exact) mass is 390 g/mol. The van der Waals surface area contributed by atoms with Crippen LogP contribution < -0.4 is 4.13 Å². The summed E-state index contributed by atoms with van der Waals surface area (Å²) in [6.45, 7) is 4.34. The first-order chi connectivity index (χ1) is 10.1. The smallest absolute Gasteiger partial charge is 0.374 e. The van der Waals surface area contributed by atoms with Crippen molar-refractivity contribution in [3.05, 3.63) is 24.4 Å². The molecule has 0 aromatic rings. The predicted molar refractivity (Wildman–Crippen MR) is 68.6 cm³/mol. The molecule has 6 nitrogen and oxygen atoms in total.